The summed E-state index contributed by atoms with van der Waals surface area (Å²) in [5, 5.41) is 3.07. The number of hydrogen-bond acceptors (Lipinski definition) is 5. The van der Waals surface area contributed by atoms with E-state index in [1.165, 1.54) is 6.42 Å². The molecule has 0 aliphatic carbocycles. The van der Waals surface area contributed by atoms with Crippen LogP contribution in [0.2, 0.25) is 0 Å². The topological polar surface area (TPSA) is 75.9 Å². The van der Waals surface area contributed by atoms with Crippen LogP contribution in [-0.4, -0.2) is 50.0 Å². The second-order valence-electron chi connectivity index (χ2n) is 6.40. The van der Waals surface area contributed by atoms with E-state index in [4.69, 9.17) is 0 Å². The van der Waals surface area contributed by atoms with E-state index >= 15 is 0 Å². The van der Waals surface area contributed by atoms with Gasteiger partial charge in [-0.25, -0.2) is 15.0 Å². The fourth-order valence-corrected chi connectivity index (χ4v) is 3.16. The van der Waals surface area contributed by atoms with Gasteiger partial charge in [0, 0.05) is 25.1 Å². The summed E-state index contributed by atoms with van der Waals surface area (Å²) in [4.78, 5) is 28.1. The molecule has 2 aromatic heterocycles. The number of nitrogens with zero attached hydrogens (tertiary/aromatic N) is 5. The molecule has 1 aliphatic heterocycles. The lowest BCUT2D eigenvalue weighted by molar-refractivity contribution is -0.127. The van der Waals surface area contributed by atoms with E-state index in [9.17, 15) is 4.79 Å². The Bertz CT molecular complexity index is 666. The highest BCUT2D eigenvalue weighted by molar-refractivity contribution is 5.82. The first-order valence-electron chi connectivity index (χ1n) is 9.12. The predicted molar refractivity (Wildman–Crippen MR) is 95.2 cm³/mol. The van der Waals surface area contributed by atoms with Crippen LogP contribution < -0.4 is 5.32 Å². The van der Waals surface area contributed by atoms with E-state index in [0.717, 1.165) is 44.5 Å². The molecule has 1 unspecified atom stereocenters. The molecule has 1 aliphatic rings. The molecule has 0 aromatic carbocycles. The maximum absolute atomic E-state index is 12.9. The van der Waals surface area contributed by atoms with Gasteiger partial charge in [-0.1, -0.05) is 19.8 Å². The number of aromatic nitrogens is 4. The molecule has 0 saturated carbocycles. The lowest BCUT2D eigenvalue weighted by Crippen LogP contribution is -2.43. The molecule has 1 atom stereocenters. The molecule has 0 spiro atoms. The average molecular weight is 342 g/mol. The zero-order valence-corrected chi connectivity index (χ0v) is 14.8. The highest BCUT2D eigenvalue weighted by Crippen LogP contribution is 2.24. The van der Waals surface area contributed by atoms with Crippen molar-refractivity contribution in [1.29, 1.82) is 0 Å². The molecule has 7 nitrogen and oxygen atoms in total. The molecule has 0 bridgehead atoms. The smallest absolute Gasteiger partial charge is 0.243 e. The maximum atomic E-state index is 12.9. The van der Waals surface area contributed by atoms with Crippen molar-refractivity contribution < 1.29 is 4.79 Å². The van der Waals surface area contributed by atoms with Crippen LogP contribution in [-0.2, 0) is 4.79 Å². The average Bonchev–Trinajstić information content (AvgIpc) is 3.18. The van der Waals surface area contributed by atoms with Gasteiger partial charge in [0.1, 0.15) is 12.4 Å². The SMILES string of the molecule is CCCCNC(=O)C(c1ccnc(-n2ccnc2)n1)N1CCCCC1. The number of piperidine rings is 1. The van der Waals surface area contributed by atoms with Crippen LogP contribution in [0.4, 0.5) is 0 Å². The van der Waals surface area contributed by atoms with Crippen molar-refractivity contribution in [3.05, 3.63) is 36.7 Å². The first-order valence-corrected chi connectivity index (χ1v) is 9.12. The van der Waals surface area contributed by atoms with E-state index < -0.39 is 0 Å². The Hall–Kier alpha value is -2.28. The molecular formula is C18H26N6O. The van der Waals surface area contributed by atoms with Crippen LogP contribution >= 0.6 is 0 Å². The Morgan fingerprint density at radius 3 is 2.84 bits per heavy atom. The second kappa shape index (κ2) is 8.71. The van der Waals surface area contributed by atoms with E-state index in [2.05, 4.69) is 32.1 Å². The molecule has 1 amide bonds. The van der Waals surface area contributed by atoms with E-state index in [0.29, 0.717) is 12.5 Å². The molecule has 1 fully saturated rings. The predicted octanol–water partition coefficient (Wildman–Crippen LogP) is 2.11. The van der Waals surface area contributed by atoms with E-state index in [-0.39, 0.29) is 11.9 Å². The van der Waals surface area contributed by atoms with Gasteiger partial charge >= 0.3 is 0 Å². The summed E-state index contributed by atoms with van der Waals surface area (Å²) in [6.45, 7) is 4.68. The monoisotopic (exact) mass is 342 g/mol. The summed E-state index contributed by atoms with van der Waals surface area (Å²) < 4.78 is 1.76. The molecule has 2 aromatic rings. The lowest BCUT2D eigenvalue weighted by Gasteiger charge is -2.33. The van der Waals surface area contributed by atoms with E-state index in [1.54, 1.807) is 29.5 Å². The van der Waals surface area contributed by atoms with Crippen LogP contribution in [0.3, 0.4) is 0 Å². The molecular weight excluding hydrogens is 316 g/mol. The van der Waals surface area contributed by atoms with Crippen LogP contribution in [0.15, 0.2) is 31.0 Å². The number of hydrogen-bond donors (Lipinski definition) is 1. The minimum absolute atomic E-state index is 0.0330. The Morgan fingerprint density at radius 2 is 2.12 bits per heavy atom. The lowest BCUT2D eigenvalue weighted by atomic mass is 10.0. The standard InChI is InChI=1S/C18H26N6O/c1-2-3-8-20-17(25)16(23-11-5-4-6-12-23)15-7-9-21-18(22-15)24-13-10-19-14-24/h7,9-10,13-14,16H,2-6,8,11-12H2,1H3,(H,20,25). The molecule has 7 heteroatoms. The zero-order chi connectivity index (χ0) is 17.5. The quantitative estimate of drug-likeness (QED) is 0.780. The first kappa shape index (κ1) is 17.5. The first-order chi connectivity index (χ1) is 12.3. The summed E-state index contributed by atoms with van der Waals surface area (Å²) >= 11 is 0. The number of nitrogens with one attached hydrogen (secondary N) is 1. The summed E-state index contributed by atoms with van der Waals surface area (Å²) in [5.74, 6) is 0.573. The van der Waals surface area contributed by atoms with Crippen molar-refractivity contribution in [1.82, 2.24) is 29.7 Å². The van der Waals surface area contributed by atoms with Gasteiger partial charge in [0.2, 0.25) is 11.9 Å². The van der Waals surface area contributed by atoms with Crippen LogP contribution in [0, 0.1) is 0 Å². The van der Waals surface area contributed by atoms with Gasteiger partial charge in [-0.05, 0) is 38.4 Å². The fraction of sp³-hybridized carbons (Fsp3) is 0.556. The highest BCUT2D eigenvalue weighted by Gasteiger charge is 2.30. The number of likely N-dealkylation sites (tertiary alicyclic amines) is 1. The molecule has 25 heavy (non-hydrogen) atoms. The van der Waals surface area contributed by atoms with Gasteiger partial charge in [0.05, 0.1) is 5.69 Å². The van der Waals surface area contributed by atoms with Crippen LogP contribution in [0.1, 0.15) is 50.8 Å². The summed E-state index contributed by atoms with van der Waals surface area (Å²) in [6.07, 6.45) is 12.4. The molecule has 1 saturated heterocycles. The maximum Gasteiger partial charge on any atom is 0.243 e. The van der Waals surface area contributed by atoms with Crippen LogP contribution in [0.5, 0.6) is 0 Å². The van der Waals surface area contributed by atoms with Gasteiger partial charge in [0.25, 0.3) is 0 Å². The molecule has 1 N–H and O–H groups in total. The number of carbonyl (C=O) groups is 1. The number of rotatable bonds is 7. The van der Waals surface area contributed by atoms with Crippen molar-refractivity contribution in [3.63, 3.8) is 0 Å². The largest absolute Gasteiger partial charge is 0.354 e. The van der Waals surface area contributed by atoms with Crippen molar-refractivity contribution in [2.24, 2.45) is 0 Å². The van der Waals surface area contributed by atoms with Gasteiger partial charge in [-0.3, -0.25) is 14.3 Å². The van der Waals surface area contributed by atoms with Gasteiger partial charge < -0.3 is 5.32 Å². The summed E-state index contributed by atoms with van der Waals surface area (Å²) in [7, 11) is 0. The summed E-state index contributed by atoms with van der Waals surface area (Å²) in [5.41, 5.74) is 0.745. The minimum atomic E-state index is -0.359. The third-order valence-corrected chi connectivity index (χ3v) is 4.51. The van der Waals surface area contributed by atoms with Crippen molar-refractivity contribution in [2.75, 3.05) is 19.6 Å². The van der Waals surface area contributed by atoms with Crippen molar-refractivity contribution >= 4 is 5.91 Å². The third kappa shape index (κ3) is 4.42. The number of unbranched alkanes of at least 4 members (excludes halogenated alkanes) is 1. The highest BCUT2D eigenvalue weighted by atomic mass is 16.2. The van der Waals surface area contributed by atoms with Crippen molar-refractivity contribution in [3.8, 4) is 5.95 Å². The summed E-state index contributed by atoms with van der Waals surface area (Å²) in [6, 6.07) is 1.49. The third-order valence-electron chi connectivity index (χ3n) is 4.51. The Morgan fingerprint density at radius 1 is 1.28 bits per heavy atom. The molecule has 134 valence electrons. The normalized spacial score (nSPS) is 16.5. The Kier molecular flexibility index (Phi) is 6.11. The van der Waals surface area contributed by atoms with Gasteiger partial charge in [-0.2, -0.15) is 0 Å². The second-order valence-corrected chi connectivity index (χ2v) is 6.40. The van der Waals surface area contributed by atoms with Crippen molar-refractivity contribution in [2.45, 2.75) is 45.1 Å². The molecule has 0 radical (unpaired) electrons. The fourth-order valence-electron chi connectivity index (χ4n) is 3.16. The van der Waals surface area contributed by atoms with E-state index in [1.807, 2.05) is 6.07 Å². The Labute approximate surface area is 148 Å². The number of amides is 1. The molecule has 3 heterocycles. The Balaban J connectivity index is 1.85. The zero-order valence-electron chi connectivity index (χ0n) is 14.8. The van der Waals surface area contributed by atoms with Gasteiger partial charge in [0.15, 0.2) is 0 Å². The minimum Gasteiger partial charge on any atom is -0.354 e. The molecule has 3 rings (SSSR count). The van der Waals surface area contributed by atoms with Gasteiger partial charge in [-0.15, -0.1) is 0 Å². The number of carbonyl (C=O) groups excluding carboxylic acids is 1. The van der Waals surface area contributed by atoms with Crippen LogP contribution in [0.25, 0.3) is 5.95 Å². The number of imidazole rings is 1.